The number of aliphatic hydroxyl groups is 1. The van der Waals surface area contributed by atoms with Crippen LogP contribution in [-0.4, -0.2) is 39.8 Å². The van der Waals surface area contributed by atoms with E-state index in [1.807, 2.05) is 6.92 Å². The van der Waals surface area contributed by atoms with E-state index in [1.165, 1.54) is 0 Å². The van der Waals surface area contributed by atoms with Crippen LogP contribution in [-0.2, 0) is 0 Å². The van der Waals surface area contributed by atoms with Crippen molar-refractivity contribution >= 4 is 23.5 Å². The van der Waals surface area contributed by atoms with Crippen molar-refractivity contribution in [3.8, 4) is 0 Å². The highest BCUT2D eigenvalue weighted by Crippen LogP contribution is 2.10. The van der Waals surface area contributed by atoms with Crippen molar-refractivity contribution in [2.45, 2.75) is 19.4 Å². The van der Waals surface area contributed by atoms with Gasteiger partial charge in [0.2, 0.25) is 17.2 Å². The largest absolute Gasteiger partial charge is 0.394 e. The molecule has 0 saturated heterocycles. The number of nitrogens with zero attached hydrogens (tertiary/aromatic N) is 3. The van der Waals surface area contributed by atoms with E-state index in [9.17, 15) is 0 Å². The van der Waals surface area contributed by atoms with Gasteiger partial charge < -0.3 is 15.7 Å². The predicted molar refractivity (Wildman–Crippen MR) is 59.2 cm³/mol. The molecule has 1 aromatic heterocycles. The summed E-state index contributed by atoms with van der Waals surface area (Å²) >= 11 is 5.69. The maximum absolute atomic E-state index is 9.00. The van der Waals surface area contributed by atoms with Crippen LogP contribution in [0.4, 0.5) is 11.9 Å². The fourth-order valence-electron chi connectivity index (χ4n) is 0.986. The fourth-order valence-corrected chi connectivity index (χ4v) is 1.15. The first-order valence-corrected chi connectivity index (χ1v) is 5.04. The van der Waals surface area contributed by atoms with Crippen molar-refractivity contribution in [1.82, 2.24) is 15.0 Å². The van der Waals surface area contributed by atoms with Gasteiger partial charge in [0.15, 0.2) is 0 Å². The van der Waals surface area contributed by atoms with Crippen molar-refractivity contribution < 1.29 is 5.11 Å². The molecule has 0 saturated carbocycles. The minimum atomic E-state index is -0.0758. The molecule has 0 radical (unpaired) electrons. The Morgan fingerprint density at radius 3 is 2.53 bits per heavy atom. The summed E-state index contributed by atoms with van der Waals surface area (Å²) in [4.78, 5) is 11.8. The number of halogens is 1. The van der Waals surface area contributed by atoms with Gasteiger partial charge in [0.25, 0.3) is 0 Å². The van der Waals surface area contributed by atoms with Crippen LogP contribution in [0.15, 0.2) is 0 Å². The van der Waals surface area contributed by atoms with Crippen LogP contribution in [0.5, 0.6) is 0 Å². The van der Waals surface area contributed by atoms with Crippen molar-refractivity contribution in [3.05, 3.63) is 5.28 Å². The molecule has 0 aliphatic heterocycles. The van der Waals surface area contributed by atoms with E-state index in [-0.39, 0.29) is 17.9 Å². The molecule has 6 nitrogen and oxygen atoms in total. The molecule has 7 heteroatoms. The Morgan fingerprint density at radius 2 is 2.00 bits per heavy atom. The third-order valence-corrected chi connectivity index (χ3v) is 2.05. The molecule has 0 amide bonds. The quantitative estimate of drug-likeness (QED) is 0.694. The van der Waals surface area contributed by atoms with Crippen LogP contribution in [0.3, 0.4) is 0 Å². The molecule has 1 heterocycles. The van der Waals surface area contributed by atoms with Gasteiger partial charge in [0, 0.05) is 7.05 Å². The van der Waals surface area contributed by atoms with E-state index in [1.54, 1.807) is 7.05 Å². The zero-order chi connectivity index (χ0) is 11.3. The first kappa shape index (κ1) is 11.9. The Bertz CT molecular complexity index is 318. The molecule has 0 bridgehead atoms. The van der Waals surface area contributed by atoms with E-state index in [0.717, 1.165) is 6.42 Å². The second kappa shape index (κ2) is 5.67. The average Bonchev–Trinajstić information content (AvgIpc) is 2.25. The predicted octanol–water partition coefficient (Wildman–Crippen LogP) is 0.750. The smallest absolute Gasteiger partial charge is 0.229 e. The van der Waals surface area contributed by atoms with Gasteiger partial charge in [-0.2, -0.15) is 15.0 Å². The van der Waals surface area contributed by atoms with Crippen molar-refractivity contribution in [1.29, 1.82) is 0 Å². The summed E-state index contributed by atoms with van der Waals surface area (Å²) in [5.41, 5.74) is 0. The monoisotopic (exact) mass is 231 g/mol. The first-order chi connectivity index (χ1) is 7.19. The van der Waals surface area contributed by atoms with Gasteiger partial charge in [-0.05, 0) is 18.0 Å². The average molecular weight is 232 g/mol. The van der Waals surface area contributed by atoms with Crippen LogP contribution >= 0.6 is 11.6 Å². The van der Waals surface area contributed by atoms with Crippen LogP contribution < -0.4 is 10.6 Å². The summed E-state index contributed by atoms with van der Waals surface area (Å²) in [6.45, 7) is 1.98. The summed E-state index contributed by atoms with van der Waals surface area (Å²) in [7, 11) is 1.69. The molecule has 0 fully saturated rings. The normalized spacial score (nSPS) is 12.3. The Kier molecular flexibility index (Phi) is 4.51. The number of rotatable bonds is 5. The summed E-state index contributed by atoms with van der Waals surface area (Å²) in [6.07, 6.45) is 0.773. The lowest BCUT2D eigenvalue weighted by atomic mass is 10.2. The SMILES string of the molecule is CCC(CO)Nc1nc(Cl)nc(NC)n1. The van der Waals surface area contributed by atoms with Gasteiger partial charge in [0.1, 0.15) is 0 Å². The molecule has 0 aromatic carbocycles. The molecule has 0 aliphatic carbocycles. The van der Waals surface area contributed by atoms with E-state index < -0.39 is 0 Å². The standard InChI is InChI=1S/C8H14ClN5O/c1-3-5(4-15)11-8-13-6(9)12-7(10-2)14-8/h5,15H,3-4H2,1-2H3,(H2,10,11,12,13,14). The van der Waals surface area contributed by atoms with Gasteiger partial charge in [-0.3, -0.25) is 0 Å². The molecule has 1 aromatic rings. The summed E-state index contributed by atoms with van der Waals surface area (Å²) in [5.74, 6) is 0.755. The molecular weight excluding hydrogens is 218 g/mol. The maximum atomic E-state index is 9.00. The molecule has 0 spiro atoms. The number of hydrogen-bond acceptors (Lipinski definition) is 6. The van der Waals surface area contributed by atoms with Gasteiger partial charge >= 0.3 is 0 Å². The molecule has 15 heavy (non-hydrogen) atoms. The number of anilines is 2. The van der Waals surface area contributed by atoms with Crippen LogP contribution in [0, 0.1) is 0 Å². The maximum Gasteiger partial charge on any atom is 0.229 e. The lowest BCUT2D eigenvalue weighted by Gasteiger charge is -2.13. The topological polar surface area (TPSA) is 83.0 Å². The van der Waals surface area contributed by atoms with Gasteiger partial charge in [0.05, 0.1) is 12.6 Å². The van der Waals surface area contributed by atoms with Crippen LogP contribution in [0.25, 0.3) is 0 Å². The summed E-state index contributed by atoms with van der Waals surface area (Å²) < 4.78 is 0. The first-order valence-electron chi connectivity index (χ1n) is 4.66. The van der Waals surface area contributed by atoms with Crippen LogP contribution in [0.2, 0.25) is 5.28 Å². The summed E-state index contributed by atoms with van der Waals surface area (Å²) in [5, 5.41) is 14.8. The Morgan fingerprint density at radius 1 is 1.33 bits per heavy atom. The Balaban J connectivity index is 2.79. The fraction of sp³-hybridized carbons (Fsp3) is 0.625. The van der Waals surface area contributed by atoms with Crippen molar-refractivity contribution in [2.75, 3.05) is 24.3 Å². The minimum Gasteiger partial charge on any atom is -0.394 e. The highest BCUT2D eigenvalue weighted by atomic mass is 35.5. The van der Waals surface area contributed by atoms with Gasteiger partial charge in [-0.1, -0.05) is 6.92 Å². The number of aliphatic hydroxyl groups excluding tert-OH is 1. The van der Waals surface area contributed by atoms with Crippen molar-refractivity contribution in [2.24, 2.45) is 0 Å². The van der Waals surface area contributed by atoms with Crippen molar-refractivity contribution in [3.63, 3.8) is 0 Å². The molecular formula is C8H14ClN5O. The Labute approximate surface area is 93.1 Å². The van der Waals surface area contributed by atoms with E-state index >= 15 is 0 Å². The molecule has 0 aliphatic rings. The third kappa shape index (κ3) is 3.49. The summed E-state index contributed by atoms with van der Waals surface area (Å²) in [6, 6.07) is -0.0758. The van der Waals surface area contributed by atoms with Crippen LogP contribution in [0.1, 0.15) is 13.3 Å². The Hall–Kier alpha value is -1.14. The van der Waals surface area contributed by atoms with Gasteiger partial charge in [-0.15, -0.1) is 0 Å². The molecule has 1 atom stereocenters. The van der Waals surface area contributed by atoms with E-state index in [0.29, 0.717) is 11.9 Å². The zero-order valence-electron chi connectivity index (χ0n) is 8.66. The molecule has 3 N–H and O–H groups in total. The third-order valence-electron chi connectivity index (χ3n) is 1.88. The lowest BCUT2D eigenvalue weighted by molar-refractivity contribution is 0.271. The highest BCUT2D eigenvalue weighted by Gasteiger charge is 2.08. The molecule has 84 valence electrons. The number of nitrogens with one attached hydrogen (secondary N) is 2. The second-order valence-corrected chi connectivity index (χ2v) is 3.27. The number of hydrogen-bond donors (Lipinski definition) is 3. The second-order valence-electron chi connectivity index (χ2n) is 2.93. The van der Waals surface area contributed by atoms with E-state index in [4.69, 9.17) is 16.7 Å². The zero-order valence-corrected chi connectivity index (χ0v) is 9.41. The molecule has 1 unspecified atom stereocenters. The van der Waals surface area contributed by atoms with E-state index in [2.05, 4.69) is 25.6 Å². The highest BCUT2D eigenvalue weighted by molar-refractivity contribution is 6.28. The molecule has 1 rings (SSSR count). The number of aromatic nitrogens is 3. The lowest BCUT2D eigenvalue weighted by Crippen LogP contribution is -2.24. The minimum absolute atomic E-state index is 0.0225. The van der Waals surface area contributed by atoms with Gasteiger partial charge in [-0.25, -0.2) is 0 Å².